The van der Waals surface area contributed by atoms with Crippen LogP contribution in [0.3, 0.4) is 0 Å². The van der Waals surface area contributed by atoms with Crippen LogP contribution in [0.5, 0.6) is 0 Å². The van der Waals surface area contributed by atoms with Gasteiger partial charge in [-0.05, 0) is 30.5 Å². The molecule has 1 heterocycles. The zero-order chi connectivity index (χ0) is 14.6. The van der Waals surface area contributed by atoms with Crippen molar-refractivity contribution in [2.75, 3.05) is 16.8 Å². The van der Waals surface area contributed by atoms with E-state index in [0.717, 1.165) is 5.56 Å². The van der Waals surface area contributed by atoms with Gasteiger partial charge in [0.05, 0.1) is 11.5 Å². The van der Waals surface area contributed by atoms with Gasteiger partial charge in [-0.15, -0.1) is 0 Å². The first-order valence-electron chi connectivity index (χ1n) is 6.55. The third-order valence-electron chi connectivity index (χ3n) is 3.34. The number of nitrogens with one attached hydrogen (secondary N) is 2. The van der Waals surface area contributed by atoms with Crippen LogP contribution in [-0.2, 0) is 16.4 Å². The van der Waals surface area contributed by atoms with Crippen LogP contribution in [0.1, 0.15) is 18.4 Å². The van der Waals surface area contributed by atoms with Gasteiger partial charge in [-0.2, -0.15) is 0 Å². The van der Waals surface area contributed by atoms with Crippen molar-refractivity contribution in [1.29, 1.82) is 0 Å². The number of benzene rings is 1. The highest BCUT2D eigenvalue weighted by Crippen LogP contribution is 2.13. The van der Waals surface area contributed by atoms with Crippen LogP contribution in [0.25, 0.3) is 0 Å². The lowest BCUT2D eigenvalue weighted by Gasteiger charge is -2.23. The molecule has 0 radical (unpaired) electrons. The van der Waals surface area contributed by atoms with Gasteiger partial charge in [0.1, 0.15) is 9.84 Å². The minimum absolute atomic E-state index is 0.0816. The molecule has 1 aromatic carbocycles. The molecule has 1 aliphatic rings. The fourth-order valence-electron chi connectivity index (χ4n) is 2.11. The largest absolute Gasteiger partial charge is 0.335 e. The molecule has 0 aromatic heterocycles. The third-order valence-corrected chi connectivity index (χ3v) is 5.05. The quantitative estimate of drug-likeness (QED) is 0.769. The highest BCUT2D eigenvalue weighted by molar-refractivity contribution is 7.91. The second kappa shape index (κ2) is 6.23. The molecule has 6 nitrogen and oxygen atoms in total. The van der Waals surface area contributed by atoms with Gasteiger partial charge < -0.3 is 16.4 Å². The summed E-state index contributed by atoms with van der Waals surface area (Å²) in [5, 5.41) is 5.52. The van der Waals surface area contributed by atoms with E-state index in [1.807, 2.05) is 12.1 Å². The Balaban J connectivity index is 1.83. The van der Waals surface area contributed by atoms with E-state index in [-0.39, 0.29) is 23.6 Å². The van der Waals surface area contributed by atoms with Crippen LogP contribution in [0, 0.1) is 0 Å². The molecule has 0 saturated carbocycles. The molecule has 0 atom stereocenters. The number of hydrogen-bond acceptors (Lipinski definition) is 4. The van der Waals surface area contributed by atoms with Gasteiger partial charge in [-0.1, -0.05) is 12.1 Å². The first-order chi connectivity index (χ1) is 9.48. The predicted octanol–water partition coefficient (Wildman–Crippen LogP) is 0.844. The fourth-order valence-corrected chi connectivity index (χ4v) is 3.60. The van der Waals surface area contributed by atoms with Crippen molar-refractivity contribution in [2.24, 2.45) is 5.73 Å². The molecule has 1 fully saturated rings. The summed E-state index contributed by atoms with van der Waals surface area (Å²) in [7, 11) is -2.90. The summed E-state index contributed by atoms with van der Waals surface area (Å²) >= 11 is 0. The fraction of sp³-hybridized carbons (Fsp3) is 0.462. The lowest BCUT2D eigenvalue weighted by molar-refractivity contribution is 0.247. The maximum Gasteiger partial charge on any atom is 0.319 e. The van der Waals surface area contributed by atoms with Crippen LogP contribution < -0.4 is 16.4 Å². The molecular weight excluding hydrogens is 278 g/mol. The van der Waals surface area contributed by atoms with E-state index in [9.17, 15) is 13.2 Å². The smallest absolute Gasteiger partial charge is 0.319 e. The Morgan fingerprint density at radius 1 is 1.20 bits per heavy atom. The molecule has 1 saturated heterocycles. The lowest BCUT2D eigenvalue weighted by atomic mass is 10.1. The van der Waals surface area contributed by atoms with Gasteiger partial charge in [0.15, 0.2) is 0 Å². The van der Waals surface area contributed by atoms with Crippen LogP contribution >= 0.6 is 0 Å². The number of sulfone groups is 1. The molecule has 110 valence electrons. The van der Waals surface area contributed by atoms with Crippen LogP contribution in [0.2, 0.25) is 0 Å². The van der Waals surface area contributed by atoms with Crippen molar-refractivity contribution in [2.45, 2.75) is 25.4 Å². The van der Waals surface area contributed by atoms with Gasteiger partial charge in [-0.3, -0.25) is 0 Å². The third kappa shape index (κ3) is 4.21. The van der Waals surface area contributed by atoms with Crippen molar-refractivity contribution < 1.29 is 13.2 Å². The van der Waals surface area contributed by atoms with Gasteiger partial charge in [-0.25, -0.2) is 13.2 Å². The minimum atomic E-state index is -2.90. The molecule has 2 rings (SSSR count). The molecule has 7 heteroatoms. The number of rotatable bonds is 3. The first-order valence-corrected chi connectivity index (χ1v) is 8.37. The van der Waals surface area contributed by atoms with Crippen molar-refractivity contribution in [1.82, 2.24) is 5.32 Å². The van der Waals surface area contributed by atoms with Gasteiger partial charge >= 0.3 is 6.03 Å². The number of hydrogen-bond donors (Lipinski definition) is 3. The standard InChI is InChI=1S/C13H19N3O3S/c14-9-10-1-3-11(4-2-10)15-13(17)16-12-5-7-20(18,19)8-6-12/h1-4,12H,5-9,14H2,(H2,15,16,17). The number of carbonyl (C=O) groups excluding carboxylic acids is 1. The van der Waals surface area contributed by atoms with E-state index in [1.54, 1.807) is 12.1 Å². The summed E-state index contributed by atoms with van der Waals surface area (Å²) in [6.07, 6.45) is 0.948. The molecule has 1 aromatic rings. The molecule has 0 unspecified atom stereocenters. The first kappa shape index (κ1) is 14.8. The Bertz CT molecular complexity index is 555. The number of urea groups is 1. The normalized spacial score (nSPS) is 18.4. The zero-order valence-corrected chi connectivity index (χ0v) is 11.9. The molecule has 4 N–H and O–H groups in total. The highest BCUT2D eigenvalue weighted by Gasteiger charge is 2.24. The second-order valence-corrected chi connectivity index (χ2v) is 7.23. The monoisotopic (exact) mass is 297 g/mol. The molecule has 1 aliphatic heterocycles. The molecule has 2 amide bonds. The van der Waals surface area contributed by atoms with Gasteiger partial charge in [0.25, 0.3) is 0 Å². The average molecular weight is 297 g/mol. The summed E-state index contributed by atoms with van der Waals surface area (Å²) in [6.45, 7) is 0.461. The molecule has 0 aliphatic carbocycles. The predicted molar refractivity (Wildman–Crippen MR) is 78.2 cm³/mol. The Morgan fingerprint density at radius 2 is 1.80 bits per heavy atom. The Kier molecular flexibility index (Phi) is 4.61. The highest BCUT2D eigenvalue weighted by atomic mass is 32.2. The summed E-state index contributed by atoms with van der Waals surface area (Å²) in [4.78, 5) is 11.8. The Hall–Kier alpha value is -1.60. The van der Waals surface area contributed by atoms with Gasteiger partial charge in [0, 0.05) is 18.3 Å². The van der Waals surface area contributed by atoms with E-state index >= 15 is 0 Å². The van der Waals surface area contributed by atoms with E-state index < -0.39 is 9.84 Å². The van der Waals surface area contributed by atoms with Crippen molar-refractivity contribution >= 4 is 21.6 Å². The number of anilines is 1. The number of amides is 2. The SMILES string of the molecule is NCc1ccc(NC(=O)NC2CCS(=O)(=O)CC2)cc1. The topological polar surface area (TPSA) is 101 Å². The second-order valence-electron chi connectivity index (χ2n) is 4.93. The van der Waals surface area contributed by atoms with E-state index in [2.05, 4.69) is 10.6 Å². The van der Waals surface area contributed by atoms with E-state index in [1.165, 1.54) is 0 Å². The molecule has 20 heavy (non-hydrogen) atoms. The number of nitrogens with two attached hydrogens (primary N) is 1. The van der Waals surface area contributed by atoms with Crippen LogP contribution in [-0.4, -0.2) is 32.0 Å². The summed E-state index contributed by atoms with van der Waals surface area (Å²) in [6, 6.07) is 6.88. The van der Waals surface area contributed by atoms with Crippen molar-refractivity contribution in [3.63, 3.8) is 0 Å². The van der Waals surface area contributed by atoms with Crippen molar-refractivity contribution in [3.05, 3.63) is 29.8 Å². The summed E-state index contributed by atoms with van der Waals surface area (Å²) < 4.78 is 22.6. The maximum absolute atomic E-state index is 11.8. The minimum Gasteiger partial charge on any atom is -0.335 e. The average Bonchev–Trinajstić information content (AvgIpc) is 2.42. The number of carbonyl (C=O) groups is 1. The molecule has 0 bridgehead atoms. The van der Waals surface area contributed by atoms with Gasteiger partial charge in [0.2, 0.25) is 0 Å². The summed E-state index contributed by atoms with van der Waals surface area (Å²) in [5.41, 5.74) is 7.18. The van der Waals surface area contributed by atoms with E-state index in [4.69, 9.17) is 5.73 Å². The zero-order valence-electron chi connectivity index (χ0n) is 11.1. The maximum atomic E-state index is 11.8. The molecular formula is C13H19N3O3S. The Morgan fingerprint density at radius 3 is 2.35 bits per heavy atom. The Labute approximate surface area is 118 Å². The van der Waals surface area contributed by atoms with Crippen LogP contribution in [0.4, 0.5) is 10.5 Å². The molecule has 0 spiro atoms. The lowest BCUT2D eigenvalue weighted by Crippen LogP contribution is -2.42. The summed E-state index contributed by atoms with van der Waals surface area (Å²) in [5.74, 6) is 0.284. The van der Waals surface area contributed by atoms with Crippen molar-refractivity contribution in [3.8, 4) is 0 Å². The van der Waals surface area contributed by atoms with Crippen LogP contribution in [0.15, 0.2) is 24.3 Å². The van der Waals surface area contributed by atoms with E-state index in [0.29, 0.717) is 25.1 Å².